The van der Waals surface area contributed by atoms with Gasteiger partial charge in [0.05, 0.1) is 29.6 Å². The second-order valence-corrected chi connectivity index (χ2v) is 6.17. The highest BCUT2D eigenvalue weighted by atomic mass is 16.5. The van der Waals surface area contributed by atoms with Crippen molar-refractivity contribution in [2.75, 3.05) is 29.9 Å². The molecule has 27 heavy (non-hydrogen) atoms. The van der Waals surface area contributed by atoms with Gasteiger partial charge in [-0.05, 0) is 50.1 Å². The van der Waals surface area contributed by atoms with Crippen molar-refractivity contribution in [3.8, 4) is 0 Å². The number of carbonyl (C=O) groups is 2. The van der Waals surface area contributed by atoms with E-state index in [0.29, 0.717) is 23.4 Å². The average molecular weight is 369 g/mol. The Kier molecular flexibility index (Phi) is 7.79. The van der Waals surface area contributed by atoms with Gasteiger partial charge in [0, 0.05) is 25.0 Å². The van der Waals surface area contributed by atoms with E-state index in [0.717, 1.165) is 31.6 Å². The third-order valence-electron chi connectivity index (χ3n) is 3.99. The first-order valence-corrected chi connectivity index (χ1v) is 9.37. The number of nitrogens with zero attached hydrogens (tertiary/aromatic N) is 2. The summed E-state index contributed by atoms with van der Waals surface area (Å²) in [5.41, 5.74) is 2.51. The predicted octanol–water partition coefficient (Wildman–Crippen LogP) is 4.14. The molecule has 0 aliphatic rings. The number of aromatic nitrogens is 1. The molecule has 0 unspecified atom stereocenters. The van der Waals surface area contributed by atoms with Crippen molar-refractivity contribution >= 4 is 23.3 Å². The molecule has 6 heteroatoms. The Balaban J connectivity index is 2.09. The van der Waals surface area contributed by atoms with Gasteiger partial charge in [0.15, 0.2) is 0 Å². The zero-order valence-electron chi connectivity index (χ0n) is 16.2. The van der Waals surface area contributed by atoms with E-state index in [1.54, 1.807) is 43.6 Å². The molecular formula is C21H27N3O3. The molecule has 1 aromatic heterocycles. The monoisotopic (exact) mass is 369 g/mol. The van der Waals surface area contributed by atoms with E-state index < -0.39 is 0 Å². The van der Waals surface area contributed by atoms with E-state index in [-0.39, 0.29) is 11.9 Å². The summed E-state index contributed by atoms with van der Waals surface area (Å²) in [6.07, 6.45) is 5.41. The second kappa shape index (κ2) is 10.3. The van der Waals surface area contributed by atoms with Crippen molar-refractivity contribution in [3.05, 3.63) is 53.9 Å². The predicted molar refractivity (Wildman–Crippen MR) is 107 cm³/mol. The van der Waals surface area contributed by atoms with Gasteiger partial charge in [-0.3, -0.25) is 9.78 Å². The van der Waals surface area contributed by atoms with Gasteiger partial charge in [0.1, 0.15) is 0 Å². The molecule has 1 amide bonds. The van der Waals surface area contributed by atoms with Crippen LogP contribution >= 0.6 is 0 Å². The quantitative estimate of drug-likeness (QED) is 0.673. The van der Waals surface area contributed by atoms with Gasteiger partial charge in [-0.2, -0.15) is 0 Å². The average Bonchev–Trinajstić information content (AvgIpc) is 2.68. The van der Waals surface area contributed by atoms with Crippen LogP contribution in [-0.2, 0) is 4.74 Å². The van der Waals surface area contributed by atoms with Crippen LogP contribution < -0.4 is 10.2 Å². The molecule has 2 rings (SSSR count). The fraction of sp³-hybridized carbons (Fsp3) is 0.381. The standard InChI is InChI=1S/C21H27N3O3/c1-4-11-24(12-5-2)19-13-17(14-22-15-19)20(25)23-18-9-7-16(8-10-18)21(26)27-6-3/h7-10,13-15H,4-6,11-12H2,1-3H3,(H,23,25). The van der Waals surface area contributed by atoms with Gasteiger partial charge in [0.25, 0.3) is 5.91 Å². The molecule has 1 N–H and O–H groups in total. The molecule has 0 radical (unpaired) electrons. The Labute approximate surface area is 160 Å². The number of amides is 1. The topological polar surface area (TPSA) is 71.5 Å². The summed E-state index contributed by atoms with van der Waals surface area (Å²) >= 11 is 0. The number of anilines is 2. The van der Waals surface area contributed by atoms with Crippen LogP contribution in [0.3, 0.4) is 0 Å². The molecule has 0 bridgehead atoms. The number of ether oxygens (including phenoxy) is 1. The van der Waals surface area contributed by atoms with Crippen LogP contribution in [0, 0.1) is 0 Å². The van der Waals surface area contributed by atoms with Gasteiger partial charge in [0.2, 0.25) is 0 Å². The molecular weight excluding hydrogens is 342 g/mol. The van der Waals surface area contributed by atoms with Crippen molar-refractivity contribution < 1.29 is 14.3 Å². The molecule has 0 atom stereocenters. The highest BCUT2D eigenvalue weighted by Crippen LogP contribution is 2.17. The van der Waals surface area contributed by atoms with Crippen molar-refractivity contribution in [3.63, 3.8) is 0 Å². The van der Waals surface area contributed by atoms with Gasteiger partial charge < -0.3 is 15.0 Å². The maximum Gasteiger partial charge on any atom is 0.338 e. The molecule has 1 aromatic carbocycles. The zero-order valence-corrected chi connectivity index (χ0v) is 16.2. The van der Waals surface area contributed by atoms with Crippen LogP contribution in [0.2, 0.25) is 0 Å². The van der Waals surface area contributed by atoms with E-state index in [2.05, 4.69) is 29.0 Å². The van der Waals surface area contributed by atoms with E-state index >= 15 is 0 Å². The summed E-state index contributed by atoms with van der Waals surface area (Å²) in [6.45, 7) is 8.20. The largest absolute Gasteiger partial charge is 0.462 e. The lowest BCUT2D eigenvalue weighted by Crippen LogP contribution is -2.25. The van der Waals surface area contributed by atoms with E-state index in [1.807, 2.05) is 6.07 Å². The minimum Gasteiger partial charge on any atom is -0.462 e. The fourth-order valence-electron chi connectivity index (χ4n) is 2.74. The Bertz CT molecular complexity index is 754. The Hall–Kier alpha value is -2.89. The number of carbonyl (C=O) groups excluding carboxylic acids is 2. The lowest BCUT2D eigenvalue weighted by molar-refractivity contribution is 0.0526. The van der Waals surface area contributed by atoms with Gasteiger partial charge in [-0.25, -0.2) is 4.79 Å². The Morgan fingerprint density at radius 3 is 2.26 bits per heavy atom. The molecule has 0 spiro atoms. The molecule has 0 aliphatic carbocycles. The first-order chi connectivity index (χ1) is 13.1. The summed E-state index contributed by atoms with van der Waals surface area (Å²) in [4.78, 5) is 30.7. The van der Waals surface area contributed by atoms with Crippen molar-refractivity contribution in [2.24, 2.45) is 0 Å². The summed E-state index contributed by atoms with van der Waals surface area (Å²) in [5.74, 6) is -0.611. The van der Waals surface area contributed by atoms with Crippen LogP contribution in [0.5, 0.6) is 0 Å². The lowest BCUT2D eigenvalue weighted by atomic mass is 10.2. The van der Waals surface area contributed by atoms with Crippen LogP contribution in [0.15, 0.2) is 42.7 Å². The number of pyridine rings is 1. The highest BCUT2D eigenvalue weighted by Gasteiger charge is 2.12. The fourth-order valence-corrected chi connectivity index (χ4v) is 2.74. The summed E-state index contributed by atoms with van der Waals surface area (Å²) in [5, 5.41) is 2.84. The Morgan fingerprint density at radius 2 is 1.67 bits per heavy atom. The van der Waals surface area contributed by atoms with Crippen LogP contribution in [0.1, 0.15) is 54.3 Å². The Morgan fingerprint density at radius 1 is 1.00 bits per heavy atom. The number of rotatable bonds is 9. The van der Waals surface area contributed by atoms with Crippen LogP contribution in [-0.4, -0.2) is 36.6 Å². The maximum atomic E-state index is 12.6. The zero-order chi connectivity index (χ0) is 19.6. The van der Waals surface area contributed by atoms with Crippen molar-refractivity contribution in [1.29, 1.82) is 0 Å². The molecule has 0 fully saturated rings. The minimum atomic E-state index is -0.376. The van der Waals surface area contributed by atoms with Gasteiger partial charge in [-0.1, -0.05) is 13.8 Å². The van der Waals surface area contributed by atoms with Crippen molar-refractivity contribution in [2.45, 2.75) is 33.6 Å². The number of esters is 1. The summed E-state index contributed by atoms with van der Waals surface area (Å²) < 4.78 is 4.95. The summed E-state index contributed by atoms with van der Waals surface area (Å²) in [6, 6.07) is 8.49. The first-order valence-electron chi connectivity index (χ1n) is 9.37. The van der Waals surface area contributed by atoms with Gasteiger partial charge >= 0.3 is 5.97 Å². The first kappa shape index (κ1) is 20.4. The number of benzene rings is 1. The third kappa shape index (κ3) is 5.81. The summed E-state index contributed by atoms with van der Waals surface area (Å²) in [7, 11) is 0. The highest BCUT2D eigenvalue weighted by molar-refractivity contribution is 6.04. The maximum absolute atomic E-state index is 12.6. The molecule has 1 heterocycles. The molecule has 0 aliphatic heterocycles. The third-order valence-corrected chi connectivity index (χ3v) is 3.99. The van der Waals surface area contributed by atoms with Crippen molar-refractivity contribution in [1.82, 2.24) is 4.98 Å². The SMILES string of the molecule is CCCN(CCC)c1cncc(C(=O)Nc2ccc(C(=O)OCC)cc2)c1. The molecule has 2 aromatic rings. The normalized spacial score (nSPS) is 10.3. The van der Waals surface area contributed by atoms with E-state index in [1.165, 1.54) is 0 Å². The number of hydrogen-bond acceptors (Lipinski definition) is 5. The molecule has 144 valence electrons. The van der Waals surface area contributed by atoms with E-state index in [9.17, 15) is 9.59 Å². The minimum absolute atomic E-state index is 0.235. The molecule has 6 nitrogen and oxygen atoms in total. The molecule has 0 saturated heterocycles. The molecule has 0 saturated carbocycles. The number of hydrogen-bond donors (Lipinski definition) is 1. The number of nitrogens with one attached hydrogen (secondary N) is 1. The van der Waals surface area contributed by atoms with Crippen LogP contribution in [0.25, 0.3) is 0 Å². The smallest absolute Gasteiger partial charge is 0.338 e. The lowest BCUT2D eigenvalue weighted by Gasteiger charge is -2.23. The second-order valence-electron chi connectivity index (χ2n) is 6.17. The van der Waals surface area contributed by atoms with E-state index in [4.69, 9.17) is 4.74 Å². The van der Waals surface area contributed by atoms with Crippen LogP contribution in [0.4, 0.5) is 11.4 Å². The van der Waals surface area contributed by atoms with Gasteiger partial charge in [-0.15, -0.1) is 0 Å².